The zero-order chi connectivity index (χ0) is 16.2. The van der Waals surface area contributed by atoms with Gasteiger partial charge in [-0.05, 0) is 19.8 Å². The maximum absolute atomic E-state index is 12.4. The van der Waals surface area contributed by atoms with Crippen LogP contribution >= 0.6 is 0 Å². The standard InChI is InChI=1S/C16H26N2O5/c1-2-17-16(20)23-12-9-22-13-11(8-21-14(12)13)18-15(19)10-6-4-3-5-7-10/h10-14H,2-9H2,1H3,(H,17,20)(H,18,19). The van der Waals surface area contributed by atoms with Gasteiger partial charge in [0.2, 0.25) is 5.91 Å². The van der Waals surface area contributed by atoms with Gasteiger partial charge in [-0.3, -0.25) is 4.79 Å². The number of hydrogen-bond acceptors (Lipinski definition) is 5. The molecular formula is C16H26N2O5. The molecule has 2 amide bonds. The third-order valence-electron chi connectivity index (χ3n) is 4.89. The monoisotopic (exact) mass is 326 g/mol. The minimum absolute atomic E-state index is 0.107. The number of hydrogen-bond donors (Lipinski definition) is 2. The van der Waals surface area contributed by atoms with Crippen LogP contribution in [-0.4, -0.2) is 56.1 Å². The maximum atomic E-state index is 12.4. The van der Waals surface area contributed by atoms with Crippen molar-refractivity contribution in [1.82, 2.24) is 10.6 Å². The summed E-state index contributed by atoms with van der Waals surface area (Å²) in [6, 6.07) is -0.155. The van der Waals surface area contributed by atoms with Gasteiger partial charge in [-0.1, -0.05) is 19.3 Å². The highest BCUT2D eigenvalue weighted by atomic mass is 16.6. The van der Waals surface area contributed by atoms with Crippen LogP contribution in [0.5, 0.6) is 0 Å². The van der Waals surface area contributed by atoms with Crippen molar-refractivity contribution in [2.45, 2.75) is 63.4 Å². The topological polar surface area (TPSA) is 85.9 Å². The first kappa shape index (κ1) is 16.5. The van der Waals surface area contributed by atoms with Crippen molar-refractivity contribution in [3.05, 3.63) is 0 Å². The summed E-state index contributed by atoms with van der Waals surface area (Å²) in [4.78, 5) is 23.9. The van der Waals surface area contributed by atoms with Crippen molar-refractivity contribution in [3.8, 4) is 0 Å². The molecule has 3 aliphatic rings. The summed E-state index contributed by atoms with van der Waals surface area (Å²) in [5.41, 5.74) is 0. The number of nitrogens with one attached hydrogen (secondary N) is 2. The van der Waals surface area contributed by atoms with Crippen LogP contribution < -0.4 is 10.6 Å². The lowest BCUT2D eigenvalue weighted by atomic mass is 9.88. The van der Waals surface area contributed by atoms with Crippen LogP contribution in [0, 0.1) is 5.92 Å². The quantitative estimate of drug-likeness (QED) is 0.804. The number of rotatable bonds is 4. The van der Waals surface area contributed by atoms with Crippen molar-refractivity contribution in [1.29, 1.82) is 0 Å². The zero-order valence-electron chi connectivity index (χ0n) is 13.6. The Balaban J connectivity index is 1.50. The molecule has 1 aliphatic carbocycles. The Morgan fingerprint density at radius 1 is 1.09 bits per heavy atom. The first-order valence-corrected chi connectivity index (χ1v) is 8.67. The lowest BCUT2D eigenvalue weighted by Crippen LogP contribution is -2.47. The zero-order valence-corrected chi connectivity index (χ0v) is 13.6. The van der Waals surface area contributed by atoms with Crippen LogP contribution in [0.1, 0.15) is 39.0 Å². The molecular weight excluding hydrogens is 300 g/mol. The Bertz CT molecular complexity index is 438. The van der Waals surface area contributed by atoms with Gasteiger partial charge >= 0.3 is 6.09 Å². The highest BCUT2D eigenvalue weighted by Gasteiger charge is 2.50. The van der Waals surface area contributed by atoms with E-state index in [0.717, 1.165) is 25.7 Å². The molecule has 0 spiro atoms. The van der Waals surface area contributed by atoms with Crippen LogP contribution in [0.4, 0.5) is 4.79 Å². The van der Waals surface area contributed by atoms with Gasteiger partial charge in [-0.2, -0.15) is 0 Å². The minimum atomic E-state index is -0.458. The molecule has 130 valence electrons. The molecule has 0 aromatic rings. The molecule has 7 heteroatoms. The summed E-state index contributed by atoms with van der Waals surface area (Å²) in [7, 11) is 0. The molecule has 2 heterocycles. The van der Waals surface area contributed by atoms with Crippen molar-refractivity contribution in [2.75, 3.05) is 19.8 Å². The predicted molar refractivity (Wildman–Crippen MR) is 81.9 cm³/mol. The molecule has 0 aromatic carbocycles. The summed E-state index contributed by atoms with van der Waals surface area (Å²) >= 11 is 0. The fraction of sp³-hybridized carbons (Fsp3) is 0.875. The highest BCUT2D eigenvalue weighted by Crippen LogP contribution is 2.30. The normalized spacial score (nSPS) is 34.0. The Morgan fingerprint density at radius 2 is 1.83 bits per heavy atom. The predicted octanol–water partition coefficient (Wildman–Crippen LogP) is 0.964. The number of carbonyl (C=O) groups is 2. The first-order valence-electron chi connectivity index (χ1n) is 8.67. The molecule has 2 saturated heterocycles. The smallest absolute Gasteiger partial charge is 0.407 e. The molecule has 2 N–H and O–H groups in total. The molecule has 0 bridgehead atoms. The van der Waals surface area contributed by atoms with Crippen LogP contribution in [0.2, 0.25) is 0 Å². The van der Waals surface area contributed by atoms with Gasteiger partial charge in [0.15, 0.2) is 6.10 Å². The van der Waals surface area contributed by atoms with Crippen molar-refractivity contribution in [2.24, 2.45) is 5.92 Å². The number of fused-ring (bicyclic) bond motifs is 1. The number of carbonyl (C=O) groups excluding carboxylic acids is 2. The van der Waals surface area contributed by atoms with E-state index in [1.165, 1.54) is 6.42 Å². The SMILES string of the molecule is CCNC(=O)OC1COC2C(NC(=O)C3CCCCC3)COC12. The second-order valence-electron chi connectivity index (χ2n) is 6.52. The van der Waals surface area contributed by atoms with Gasteiger partial charge in [0, 0.05) is 12.5 Å². The Morgan fingerprint density at radius 3 is 2.57 bits per heavy atom. The third kappa shape index (κ3) is 3.77. The minimum Gasteiger partial charge on any atom is -0.441 e. The number of ether oxygens (including phenoxy) is 3. The van der Waals surface area contributed by atoms with E-state index in [2.05, 4.69) is 10.6 Å². The molecule has 23 heavy (non-hydrogen) atoms. The van der Waals surface area contributed by atoms with E-state index >= 15 is 0 Å². The number of alkyl carbamates (subject to hydrolysis) is 1. The average molecular weight is 326 g/mol. The van der Waals surface area contributed by atoms with E-state index in [1.54, 1.807) is 0 Å². The molecule has 0 radical (unpaired) electrons. The Hall–Kier alpha value is -1.34. The molecule has 3 fully saturated rings. The fourth-order valence-electron chi connectivity index (χ4n) is 3.68. The third-order valence-corrected chi connectivity index (χ3v) is 4.89. The van der Waals surface area contributed by atoms with E-state index in [0.29, 0.717) is 19.8 Å². The second-order valence-corrected chi connectivity index (χ2v) is 6.52. The summed E-state index contributed by atoms with van der Waals surface area (Å²) in [5.74, 6) is 0.224. The van der Waals surface area contributed by atoms with E-state index in [4.69, 9.17) is 14.2 Å². The van der Waals surface area contributed by atoms with E-state index in [-0.39, 0.29) is 30.1 Å². The molecule has 1 saturated carbocycles. The van der Waals surface area contributed by atoms with Crippen LogP contribution in [0.3, 0.4) is 0 Å². The molecule has 3 rings (SSSR count). The second kappa shape index (κ2) is 7.49. The van der Waals surface area contributed by atoms with Crippen LogP contribution in [-0.2, 0) is 19.0 Å². The Kier molecular flexibility index (Phi) is 5.38. The summed E-state index contributed by atoms with van der Waals surface area (Å²) in [6.07, 6.45) is 4.02. The summed E-state index contributed by atoms with van der Waals surface area (Å²) in [5, 5.41) is 5.67. The maximum Gasteiger partial charge on any atom is 0.407 e. The summed E-state index contributed by atoms with van der Waals surface area (Å²) < 4.78 is 16.8. The average Bonchev–Trinajstić information content (AvgIpc) is 3.12. The molecule has 2 aliphatic heterocycles. The van der Waals surface area contributed by atoms with Crippen molar-refractivity contribution in [3.63, 3.8) is 0 Å². The van der Waals surface area contributed by atoms with Crippen LogP contribution in [0.25, 0.3) is 0 Å². The van der Waals surface area contributed by atoms with Gasteiger partial charge < -0.3 is 24.8 Å². The largest absolute Gasteiger partial charge is 0.441 e. The van der Waals surface area contributed by atoms with E-state index in [1.807, 2.05) is 6.92 Å². The number of amides is 2. The van der Waals surface area contributed by atoms with Crippen molar-refractivity contribution >= 4 is 12.0 Å². The lowest BCUT2D eigenvalue weighted by Gasteiger charge is -2.24. The first-order chi connectivity index (χ1) is 11.2. The van der Waals surface area contributed by atoms with Crippen molar-refractivity contribution < 1.29 is 23.8 Å². The molecule has 4 atom stereocenters. The van der Waals surface area contributed by atoms with Gasteiger partial charge in [0.05, 0.1) is 19.3 Å². The van der Waals surface area contributed by atoms with Gasteiger partial charge in [-0.25, -0.2) is 4.79 Å². The van der Waals surface area contributed by atoms with Gasteiger partial charge in [0.25, 0.3) is 0 Å². The fourth-order valence-corrected chi connectivity index (χ4v) is 3.68. The highest BCUT2D eigenvalue weighted by molar-refractivity contribution is 5.79. The summed E-state index contributed by atoms with van der Waals surface area (Å²) in [6.45, 7) is 3.06. The van der Waals surface area contributed by atoms with E-state index in [9.17, 15) is 9.59 Å². The van der Waals surface area contributed by atoms with Crippen LogP contribution in [0.15, 0.2) is 0 Å². The van der Waals surface area contributed by atoms with Gasteiger partial charge in [0.1, 0.15) is 12.2 Å². The lowest BCUT2D eigenvalue weighted by molar-refractivity contribution is -0.127. The van der Waals surface area contributed by atoms with E-state index < -0.39 is 12.2 Å². The molecule has 0 aromatic heterocycles. The molecule has 4 unspecified atom stereocenters. The Labute approximate surface area is 136 Å². The molecule has 7 nitrogen and oxygen atoms in total. The van der Waals surface area contributed by atoms with Gasteiger partial charge in [-0.15, -0.1) is 0 Å².